The molecule has 2 aromatic rings. The zero-order chi connectivity index (χ0) is 18.4. The maximum absolute atomic E-state index is 5.50. The normalized spacial score (nSPS) is 27.8. The summed E-state index contributed by atoms with van der Waals surface area (Å²) in [6.45, 7) is 9.86. The van der Waals surface area contributed by atoms with Gasteiger partial charge in [-0.05, 0) is 61.8 Å². The number of benzene rings is 1. The van der Waals surface area contributed by atoms with Crippen molar-refractivity contribution in [3.05, 3.63) is 29.6 Å². The first-order valence-electron chi connectivity index (χ1n) is 9.46. The zero-order valence-corrected chi connectivity index (χ0v) is 16.8. The molecular weight excluding hydrogens is 342 g/mol. The molecule has 1 aromatic carbocycles. The molecular formula is C21H27N3OS. The van der Waals surface area contributed by atoms with Gasteiger partial charge in [0.15, 0.2) is 0 Å². The molecule has 2 saturated carbocycles. The summed E-state index contributed by atoms with van der Waals surface area (Å²) in [7, 11) is 0. The molecule has 2 unspecified atom stereocenters. The minimum Gasteiger partial charge on any atom is -0.494 e. The van der Waals surface area contributed by atoms with Gasteiger partial charge in [0.05, 0.1) is 12.3 Å². The van der Waals surface area contributed by atoms with E-state index >= 15 is 0 Å². The van der Waals surface area contributed by atoms with Gasteiger partial charge in [-0.1, -0.05) is 20.8 Å². The number of fused-ring (bicyclic) bond motifs is 2. The third-order valence-electron chi connectivity index (χ3n) is 6.76. The summed E-state index contributed by atoms with van der Waals surface area (Å²) >= 11 is 1.60. The Morgan fingerprint density at radius 3 is 2.65 bits per heavy atom. The van der Waals surface area contributed by atoms with Gasteiger partial charge in [-0.15, -0.1) is 11.3 Å². The first kappa shape index (κ1) is 17.5. The second-order valence-corrected chi connectivity index (χ2v) is 9.02. The topological polar surface area (TPSA) is 46.5 Å². The average Bonchev–Trinajstić information content (AvgIpc) is 3.23. The monoisotopic (exact) mass is 369 g/mol. The Bertz CT molecular complexity index is 824. The number of hydrogen-bond donors (Lipinski definition) is 1. The predicted molar refractivity (Wildman–Crippen MR) is 109 cm³/mol. The smallest absolute Gasteiger partial charge is 0.203 e. The van der Waals surface area contributed by atoms with E-state index in [0.29, 0.717) is 12.0 Å². The lowest BCUT2D eigenvalue weighted by Crippen LogP contribution is -2.32. The maximum atomic E-state index is 5.50. The summed E-state index contributed by atoms with van der Waals surface area (Å²) in [6.07, 6.45) is 3.70. The van der Waals surface area contributed by atoms with Crippen LogP contribution >= 0.6 is 11.3 Å². The van der Waals surface area contributed by atoms with Crippen LogP contribution < -0.4 is 10.2 Å². The van der Waals surface area contributed by atoms with Crippen molar-refractivity contribution in [1.82, 2.24) is 4.98 Å². The van der Waals surface area contributed by atoms with E-state index in [0.717, 1.165) is 34.5 Å². The fourth-order valence-electron chi connectivity index (χ4n) is 4.56. The summed E-state index contributed by atoms with van der Waals surface area (Å²) in [6, 6.07) is 8.08. The van der Waals surface area contributed by atoms with Gasteiger partial charge < -0.3 is 4.74 Å². The van der Waals surface area contributed by atoms with Crippen LogP contribution in [0.25, 0.3) is 11.3 Å². The highest BCUT2D eigenvalue weighted by Gasteiger charge is 2.59. The largest absolute Gasteiger partial charge is 0.494 e. The molecule has 26 heavy (non-hydrogen) atoms. The van der Waals surface area contributed by atoms with Crippen LogP contribution in [0.1, 0.15) is 47.0 Å². The van der Waals surface area contributed by atoms with Crippen LogP contribution in [-0.2, 0) is 0 Å². The van der Waals surface area contributed by atoms with Gasteiger partial charge in [-0.3, -0.25) is 5.43 Å². The lowest BCUT2D eigenvalue weighted by molar-refractivity contribution is 0.194. The molecule has 1 heterocycles. The molecule has 4 nitrogen and oxygen atoms in total. The lowest BCUT2D eigenvalue weighted by Gasteiger charge is -2.34. The molecule has 2 fully saturated rings. The summed E-state index contributed by atoms with van der Waals surface area (Å²) in [5.74, 6) is 1.66. The van der Waals surface area contributed by atoms with Crippen LogP contribution in [0, 0.1) is 16.7 Å². The molecule has 0 radical (unpaired) electrons. The molecule has 2 bridgehead atoms. The van der Waals surface area contributed by atoms with Crippen molar-refractivity contribution in [3.8, 4) is 17.0 Å². The van der Waals surface area contributed by atoms with Crippen molar-refractivity contribution < 1.29 is 4.74 Å². The van der Waals surface area contributed by atoms with Crippen molar-refractivity contribution in [2.24, 2.45) is 21.8 Å². The second kappa shape index (κ2) is 6.38. The van der Waals surface area contributed by atoms with E-state index in [4.69, 9.17) is 14.8 Å². The SMILES string of the molecule is CCOc1ccc(-c2csc(NN=C3CC4CCC3(C)C4(C)C)n2)cc1. The quantitative estimate of drug-likeness (QED) is 0.675. The molecule has 138 valence electrons. The van der Waals surface area contributed by atoms with Gasteiger partial charge in [0, 0.05) is 22.1 Å². The minimum absolute atomic E-state index is 0.222. The maximum Gasteiger partial charge on any atom is 0.203 e. The molecule has 2 aliphatic rings. The van der Waals surface area contributed by atoms with E-state index in [9.17, 15) is 0 Å². The highest BCUT2D eigenvalue weighted by molar-refractivity contribution is 7.14. The van der Waals surface area contributed by atoms with E-state index in [1.807, 2.05) is 19.1 Å². The molecule has 2 aliphatic carbocycles. The molecule has 0 amide bonds. The number of nitrogens with zero attached hydrogens (tertiary/aromatic N) is 2. The summed E-state index contributed by atoms with van der Waals surface area (Å²) in [5, 5.41) is 7.71. The van der Waals surface area contributed by atoms with Gasteiger partial charge >= 0.3 is 0 Å². The Labute approximate surface area is 159 Å². The highest BCUT2D eigenvalue weighted by Crippen LogP contribution is 2.63. The Balaban J connectivity index is 1.48. The number of nitrogens with one attached hydrogen (secondary N) is 1. The third kappa shape index (κ3) is 2.73. The van der Waals surface area contributed by atoms with Crippen LogP contribution in [0.4, 0.5) is 5.13 Å². The molecule has 0 spiro atoms. The van der Waals surface area contributed by atoms with Gasteiger partial charge in [0.1, 0.15) is 5.75 Å². The van der Waals surface area contributed by atoms with E-state index in [1.165, 1.54) is 18.6 Å². The number of ether oxygens (including phenoxy) is 1. The van der Waals surface area contributed by atoms with Gasteiger partial charge in [0.2, 0.25) is 5.13 Å². The number of thiazole rings is 1. The number of aromatic nitrogens is 1. The summed E-state index contributed by atoms with van der Waals surface area (Å²) in [4.78, 5) is 4.70. The molecule has 5 heteroatoms. The minimum atomic E-state index is 0.222. The highest BCUT2D eigenvalue weighted by atomic mass is 32.1. The molecule has 0 aliphatic heterocycles. The van der Waals surface area contributed by atoms with Crippen molar-refractivity contribution in [3.63, 3.8) is 0 Å². The van der Waals surface area contributed by atoms with E-state index in [1.54, 1.807) is 11.3 Å². The number of anilines is 1. The van der Waals surface area contributed by atoms with Crippen LogP contribution in [0.15, 0.2) is 34.7 Å². The Morgan fingerprint density at radius 1 is 1.27 bits per heavy atom. The van der Waals surface area contributed by atoms with Gasteiger partial charge in [-0.25, -0.2) is 4.98 Å². The van der Waals surface area contributed by atoms with E-state index in [2.05, 4.69) is 43.7 Å². The molecule has 1 aromatic heterocycles. The first-order chi connectivity index (χ1) is 12.4. The first-order valence-corrected chi connectivity index (χ1v) is 10.3. The van der Waals surface area contributed by atoms with Gasteiger partial charge in [-0.2, -0.15) is 5.10 Å². The predicted octanol–water partition coefficient (Wildman–Crippen LogP) is 5.82. The van der Waals surface area contributed by atoms with Gasteiger partial charge in [0.25, 0.3) is 0 Å². The molecule has 1 N–H and O–H groups in total. The van der Waals surface area contributed by atoms with E-state index < -0.39 is 0 Å². The fraction of sp³-hybridized carbons (Fsp3) is 0.524. The Kier molecular flexibility index (Phi) is 4.30. The van der Waals surface area contributed by atoms with Crippen molar-refractivity contribution in [2.45, 2.75) is 47.0 Å². The van der Waals surface area contributed by atoms with Crippen LogP contribution in [0.2, 0.25) is 0 Å². The van der Waals surface area contributed by atoms with Crippen molar-refractivity contribution in [1.29, 1.82) is 0 Å². The van der Waals surface area contributed by atoms with Crippen molar-refractivity contribution in [2.75, 3.05) is 12.0 Å². The van der Waals surface area contributed by atoms with Crippen LogP contribution in [0.5, 0.6) is 5.75 Å². The zero-order valence-electron chi connectivity index (χ0n) is 16.0. The third-order valence-corrected chi connectivity index (χ3v) is 7.51. The standard InChI is InChI=1S/C21H27N3OS/c1-5-25-16-8-6-14(7-9-16)17-13-26-19(22-17)24-23-18-12-15-10-11-21(18,4)20(15,2)3/h6-9,13,15H,5,10-12H2,1-4H3,(H,22,24). The lowest BCUT2D eigenvalue weighted by atomic mass is 9.70. The number of hydrogen-bond acceptors (Lipinski definition) is 5. The second-order valence-electron chi connectivity index (χ2n) is 8.16. The summed E-state index contributed by atoms with van der Waals surface area (Å²) < 4.78 is 5.50. The van der Waals surface area contributed by atoms with Crippen LogP contribution in [0.3, 0.4) is 0 Å². The number of hydrazone groups is 1. The molecule has 0 saturated heterocycles. The van der Waals surface area contributed by atoms with Crippen molar-refractivity contribution >= 4 is 22.2 Å². The number of rotatable bonds is 5. The molecule has 4 rings (SSSR count). The fourth-order valence-corrected chi connectivity index (χ4v) is 5.22. The molecule has 2 atom stereocenters. The summed E-state index contributed by atoms with van der Waals surface area (Å²) in [5.41, 5.74) is 7.18. The Hall–Kier alpha value is -1.88. The average molecular weight is 370 g/mol. The van der Waals surface area contributed by atoms with Crippen LogP contribution in [-0.4, -0.2) is 17.3 Å². The Morgan fingerprint density at radius 2 is 2.04 bits per heavy atom. The van der Waals surface area contributed by atoms with E-state index in [-0.39, 0.29) is 5.41 Å².